The van der Waals surface area contributed by atoms with Crippen LogP contribution in [-0.2, 0) is 20.9 Å². The molecule has 0 saturated heterocycles. The molecule has 1 aliphatic carbocycles. The van der Waals surface area contributed by atoms with Crippen LogP contribution in [0.15, 0.2) is 84.1 Å². The van der Waals surface area contributed by atoms with E-state index in [2.05, 4.69) is 25.6 Å². The van der Waals surface area contributed by atoms with Crippen LogP contribution in [0.1, 0.15) is 52.0 Å². The largest absolute Gasteiger partial charge is 0.457 e. The Hall–Kier alpha value is -4.92. The van der Waals surface area contributed by atoms with Gasteiger partial charge in [0.15, 0.2) is 0 Å². The van der Waals surface area contributed by atoms with Gasteiger partial charge in [-0.15, -0.1) is 0 Å². The molecule has 0 atom stereocenters. The standard InChI is InChI=1S/C33H35F3N6O5S/c1-32(2,3)47-31(43)40-22-11-9-21(10-12-22)39-30-38-18-15-27(41-30)25-20-37-17-16-29(25)46-23-13-14-28(26(19-23)33(34,35)36)42-48(44,45)24-7-5-4-6-8-24/h4-8,13-22,42H,9-12H2,1-3H3,(H,40,43)(H,38,39,41). The molecule has 3 N–H and O–H groups in total. The first-order valence-corrected chi connectivity index (χ1v) is 16.6. The van der Waals surface area contributed by atoms with E-state index in [0.717, 1.165) is 37.8 Å². The van der Waals surface area contributed by atoms with Gasteiger partial charge in [0.05, 0.1) is 27.4 Å². The third-order valence-corrected chi connectivity index (χ3v) is 8.70. The van der Waals surface area contributed by atoms with E-state index in [1.807, 2.05) is 25.5 Å². The summed E-state index contributed by atoms with van der Waals surface area (Å²) in [5, 5.41) is 6.24. The number of alkyl carbamates (subject to hydrolysis) is 1. The summed E-state index contributed by atoms with van der Waals surface area (Å²) >= 11 is 0. The second kappa shape index (κ2) is 14.1. The lowest BCUT2D eigenvalue weighted by Crippen LogP contribution is -2.42. The van der Waals surface area contributed by atoms with Crippen molar-refractivity contribution >= 4 is 27.8 Å². The number of rotatable bonds is 9. The molecule has 1 amide bonds. The van der Waals surface area contributed by atoms with Crippen LogP contribution in [0.2, 0.25) is 0 Å². The molecule has 48 heavy (non-hydrogen) atoms. The first-order valence-electron chi connectivity index (χ1n) is 15.2. The highest BCUT2D eigenvalue weighted by Gasteiger charge is 2.35. The van der Waals surface area contributed by atoms with Crippen LogP contribution in [0.4, 0.5) is 29.6 Å². The number of hydrogen-bond acceptors (Lipinski definition) is 9. The highest BCUT2D eigenvalue weighted by Crippen LogP contribution is 2.40. The molecule has 0 spiro atoms. The van der Waals surface area contributed by atoms with Crippen LogP contribution in [-0.4, -0.2) is 47.1 Å². The number of benzene rings is 2. The first kappa shape index (κ1) is 34.4. The minimum atomic E-state index is -4.90. The monoisotopic (exact) mass is 684 g/mol. The number of sulfonamides is 1. The smallest absolute Gasteiger partial charge is 0.418 e. The Morgan fingerprint density at radius 1 is 0.917 bits per heavy atom. The van der Waals surface area contributed by atoms with Crippen molar-refractivity contribution < 1.29 is 35.9 Å². The molecular weight excluding hydrogens is 649 g/mol. The second-order valence-electron chi connectivity index (χ2n) is 12.2. The Labute approximate surface area is 276 Å². The van der Waals surface area contributed by atoms with Crippen molar-refractivity contribution in [2.45, 2.75) is 75.2 Å². The molecule has 0 aliphatic heterocycles. The molecule has 1 saturated carbocycles. The molecule has 1 fully saturated rings. The fourth-order valence-electron chi connectivity index (χ4n) is 5.12. The van der Waals surface area contributed by atoms with Crippen LogP contribution in [0.3, 0.4) is 0 Å². The van der Waals surface area contributed by atoms with Gasteiger partial charge >= 0.3 is 12.3 Å². The number of hydrogen-bond donors (Lipinski definition) is 3. The number of ether oxygens (including phenoxy) is 2. The fraction of sp³-hybridized carbons (Fsp3) is 0.333. The number of nitrogens with zero attached hydrogens (tertiary/aromatic N) is 3. The number of carbonyl (C=O) groups is 1. The van der Waals surface area contributed by atoms with Crippen LogP contribution in [0, 0.1) is 0 Å². The third kappa shape index (κ3) is 9.12. The average Bonchev–Trinajstić information content (AvgIpc) is 3.02. The normalized spacial score (nSPS) is 16.9. The maximum atomic E-state index is 14.1. The zero-order chi connectivity index (χ0) is 34.5. The van der Waals surface area contributed by atoms with E-state index in [-0.39, 0.29) is 28.5 Å². The summed E-state index contributed by atoms with van der Waals surface area (Å²) < 4.78 is 81.1. The molecule has 1 aliphatic rings. The second-order valence-corrected chi connectivity index (χ2v) is 13.9. The van der Waals surface area contributed by atoms with E-state index >= 15 is 0 Å². The number of nitrogens with one attached hydrogen (secondary N) is 3. The Morgan fingerprint density at radius 3 is 2.31 bits per heavy atom. The average molecular weight is 685 g/mol. The quantitative estimate of drug-likeness (QED) is 0.164. The predicted octanol–water partition coefficient (Wildman–Crippen LogP) is 7.40. The molecular formula is C33H35F3N6O5S. The zero-order valence-corrected chi connectivity index (χ0v) is 27.2. The first-order chi connectivity index (χ1) is 22.7. The van der Waals surface area contributed by atoms with Gasteiger partial charge in [-0.25, -0.2) is 23.2 Å². The van der Waals surface area contributed by atoms with Gasteiger partial charge in [0.2, 0.25) is 5.95 Å². The van der Waals surface area contributed by atoms with E-state index in [0.29, 0.717) is 17.2 Å². The van der Waals surface area contributed by atoms with Crippen LogP contribution in [0.5, 0.6) is 11.5 Å². The number of amides is 1. The maximum Gasteiger partial charge on any atom is 0.418 e. The topological polar surface area (TPSA) is 144 Å². The Bertz CT molecular complexity index is 1840. The van der Waals surface area contributed by atoms with Crippen molar-refractivity contribution in [3.63, 3.8) is 0 Å². The molecule has 0 radical (unpaired) electrons. The van der Waals surface area contributed by atoms with E-state index in [1.165, 1.54) is 48.8 Å². The summed E-state index contributed by atoms with van der Waals surface area (Å²) in [6, 6.07) is 13.2. The Kier molecular flexibility index (Phi) is 10.1. The van der Waals surface area contributed by atoms with Gasteiger partial charge in [-0.2, -0.15) is 13.2 Å². The summed E-state index contributed by atoms with van der Waals surface area (Å²) in [5.74, 6) is 0.343. The molecule has 2 heterocycles. The van der Waals surface area contributed by atoms with Crippen molar-refractivity contribution in [1.29, 1.82) is 0 Å². The van der Waals surface area contributed by atoms with Gasteiger partial charge in [0, 0.05) is 30.7 Å². The van der Waals surface area contributed by atoms with Crippen molar-refractivity contribution in [2.24, 2.45) is 0 Å². The molecule has 2 aromatic carbocycles. The summed E-state index contributed by atoms with van der Waals surface area (Å²) in [6.45, 7) is 5.43. The van der Waals surface area contributed by atoms with Gasteiger partial charge in [-0.1, -0.05) is 18.2 Å². The number of anilines is 2. The van der Waals surface area contributed by atoms with Gasteiger partial charge in [-0.05, 0) is 88.9 Å². The third-order valence-electron chi connectivity index (χ3n) is 7.32. The molecule has 0 unspecified atom stereocenters. The van der Waals surface area contributed by atoms with E-state index in [1.54, 1.807) is 18.3 Å². The number of pyridine rings is 1. The van der Waals surface area contributed by atoms with E-state index < -0.39 is 39.1 Å². The highest BCUT2D eigenvalue weighted by molar-refractivity contribution is 7.92. The zero-order valence-electron chi connectivity index (χ0n) is 26.4. The molecule has 0 bridgehead atoms. The van der Waals surface area contributed by atoms with Gasteiger partial charge in [0.25, 0.3) is 10.0 Å². The van der Waals surface area contributed by atoms with Crippen molar-refractivity contribution in [3.8, 4) is 22.8 Å². The molecule has 2 aromatic heterocycles. The van der Waals surface area contributed by atoms with E-state index in [9.17, 15) is 26.4 Å². The van der Waals surface area contributed by atoms with Gasteiger partial charge in [-0.3, -0.25) is 9.71 Å². The molecule has 11 nitrogen and oxygen atoms in total. The van der Waals surface area contributed by atoms with Gasteiger partial charge in [0.1, 0.15) is 17.1 Å². The summed E-state index contributed by atoms with van der Waals surface area (Å²) in [5.41, 5.74) is -1.63. The van der Waals surface area contributed by atoms with Crippen molar-refractivity contribution in [2.75, 3.05) is 10.0 Å². The number of halogens is 3. The summed E-state index contributed by atoms with van der Waals surface area (Å²) in [6.07, 6.45) is 2.11. The molecule has 5 rings (SSSR count). The maximum absolute atomic E-state index is 14.1. The highest BCUT2D eigenvalue weighted by atomic mass is 32.2. The number of aromatic nitrogens is 3. The van der Waals surface area contributed by atoms with Crippen LogP contribution < -0.4 is 20.1 Å². The summed E-state index contributed by atoms with van der Waals surface area (Å²) in [4.78, 5) is 25.0. The van der Waals surface area contributed by atoms with E-state index in [4.69, 9.17) is 9.47 Å². The Balaban J connectivity index is 1.29. The number of carbonyl (C=O) groups excluding carboxylic acids is 1. The molecule has 254 valence electrons. The summed E-state index contributed by atoms with van der Waals surface area (Å²) in [7, 11) is -4.28. The minimum absolute atomic E-state index is 0.00349. The SMILES string of the molecule is CC(C)(C)OC(=O)NC1CCC(Nc2nccc(-c3cnccc3Oc3ccc(NS(=O)(=O)c4ccccc4)c(C(F)(F)F)c3)n2)CC1. The minimum Gasteiger partial charge on any atom is -0.457 e. The Morgan fingerprint density at radius 2 is 1.62 bits per heavy atom. The lowest BCUT2D eigenvalue weighted by molar-refractivity contribution is -0.137. The molecule has 4 aromatic rings. The lowest BCUT2D eigenvalue weighted by Gasteiger charge is -2.30. The number of alkyl halides is 3. The van der Waals surface area contributed by atoms with Crippen LogP contribution >= 0.6 is 0 Å². The van der Waals surface area contributed by atoms with Crippen LogP contribution in [0.25, 0.3) is 11.3 Å². The lowest BCUT2D eigenvalue weighted by atomic mass is 9.91. The fourth-order valence-corrected chi connectivity index (χ4v) is 6.22. The van der Waals surface area contributed by atoms with Crippen molar-refractivity contribution in [3.05, 3.63) is 84.8 Å². The molecule has 15 heteroatoms. The van der Waals surface area contributed by atoms with Crippen molar-refractivity contribution in [1.82, 2.24) is 20.3 Å². The predicted molar refractivity (Wildman–Crippen MR) is 173 cm³/mol. The van der Waals surface area contributed by atoms with Gasteiger partial charge < -0.3 is 20.1 Å².